The summed E-state index contributed by atoms with van der Waals surface area (Å²) < 4.78 is 20.8. The Morgan fingerprint density at radius 3 is 2.51 bits per heavy atom. The Bertz CT molecular complexity index is 1650. The van der Waals surface area contributed by atoms with Crippen LogP contribution in [0.1, 0.15) is 28.5 Å². The van der Waals surface area contributed by atoms with Crippen LogP contribution < -0.4 is 10.3 Å². The second-order valence-electron chi connectivity index (χ2n) is 9.51. The van der Waals surface area contributed by atoms with Gasteiger partial charge in [-0.25, -0.2) is 9.37 Å². The summed E-state index contributed by atoms with van der Waals surface area (Å²) in [7, 11) is 0. The van der Waals surface area contributed by atoms with Crippen molar-refractivity contribution in [2.75, 3.05) is 13.2 Å². The van der Waals surface area contributed by atoms with E-state index >= 15 is 0 Å². The molecule has 1 aliphatic heterocycles. The first-order chi connectivity index (χ1) is 19.1. The Kier molecular flexibility index (Phi) is 7.50. The summed E-state index contributed by atoms with van der Waals surface area (Å²) in [5, 5.41) is 1.36. The number of aromatic nitrogens is 2. The summed E-state index contributed by atoms with van der Waals surface area (Å²) in [4.78, 5) is 23.6. The van der Waals surface area contributed by atoms with Crippen LogP contribution in [0.3, 0.4) is 0 Å². The molecule has 0 unspecified atom stereocenters. The Hall–Kier alpha value is -3.46. The monoisotopic (exact) mass is 557 g/mol. The number of thiophene rings is 1. The van der Waals surface area contributed by atoms with Gasteiger partial charge < -0.3 is 4.74 Å². The number of hydrogen-bond donors (Lipinski definition) is 0. The molecule has 1 aliphatic rings. The minimum absolute atomic E-state index is 0.0419. The SMILES string of the molecule is CCOc1ccc(-n2c(SCc3ccc(F)cc3)nc3sc4c(c3c2=O)CCN(Cc2ccccc2)C4)cc1. The summed E-state index contributed by atoms with van der Waals surface area (Å²) in [6.07, 6.45) is 0.824. The van der Waals surface area contributed by atoms with E-state index in [9.17, 15) is 9.18 Å². The Labute approximate surface area is 234 Å². The van der Waals surface area contributed by atoms with Crippen LogP contribution in [0.25, 0.3) is 15.9 Å². The van der Waals surface area contributed by atoms with Crippen molar-refractivity contribution in [1.29, 1.82) is 0 Å². The molecule has 0 N–H and O–H groups in total. The summed E-state index contributed by atoms with van der Waals surface area (Å²) in [5.74, 6) is 1.07. The van der Waals surface area contributed by atoms with Crippen molar-refractivity contribution < 1.29 is 9.13 Å². The zero-order chi connectivity index (χ0) is 26.8. The topological polar surface area (TPSA) is 47.4 Å². The zero-order valence-electron chi connectivity index (χ0n) is 21.6. The molecule has 0 bridgehead atoms. The lowest BCUT2D eigenvalue weighted by atomic mass is 10.0. The molecule has 0 amide bonds. The van der Waals surface area contributed by atoms with E-state index in [0.717, 1.165) is 58.8 Å². The molecule has 0 fully saturated rings. The second kappa shape index (κ2) is 11.3. The van der Waals surface area contributed by atoms with Crippen molar-refractivity contribution in [3.8, 4) is 11.4 Å². The number of hydrogen-bond acceptors (Lipinski definition) is 6. The lowest BCUT2D eigenvalue weighted by Gasteiger charge is -2.26. The third-order valence-corrected chi connectivity index (χ3v) is 8.98. The molecule has 0 spiro atoms. The van der Waals surface area contributed by atoms with Gasteiger partial charge in [-0.05, 0) is 66.4 Å². The highest BCUT2D eigenvalue weighted by molar-refractivity contribution is 7.98. The van der Waals surface area contributed by atoms with Gasteiger partial charge in [-0.3, -0.25) is 14.3 Å². The third-order valence-electron chi connectivity index (χ3n) is 6.86. The van der Waals surface area contributed by atoms with E-state index in [0.29, 0.717) is 17.5 Å². The molecular weight excluding hydrogens is 529 g/mol. The van der Waals surface area contributed by atoms with Crippen molar-refractivity contribution in [2.45, 2.75) is 37.3 Å². The second-order valence-corrected chi connectivity index (χ2v) is 11.5. The first-order valence-electron chi connectivity index (χ1n) is 13.0. The highest BCUT2D eigenvalue weighted by atomic mass is 32.2. The van der Waals surface area contributed by atoms with Crippen LogP contribution in [-0.2, 0) is 25.3 Å². The van der Waals surface area contributed by atoms with Gasteiger partial charge in [0.1, 0.15) is 16.4 Å². The van der Waals surface area contributed by atoms with Crippen LogP contribution in [0.4, 0.5) is 4.39 Å². The molecule has 0 aliphatic carbocycles. The molecule has 0 saturated carbocycles. The molecule has 2 aromatic heterocycles. The molecule has 0 atom stereocenters. The van der Waals surface area contributed by atoms with Gasteiger partial charge in [0, 0.05) is 30.3 Å². The molecule has 5 nitrogen and oxygen atoms in total. The smallest absolute Gasteiger partial charge is 0.267 e. The van der Waals surface area contributed by atoms with Crippen LogP contribution in [-0.4, -0.2) is 27.6 Å². The van der Waals surface area contributed by atoms with E-state index in [2.05, 4.69) is 29.2 Å². The van der Waals surface area contributed by atoms with Crippen molar-refractivity contribution >= 4 is 33.3 Å². The molecule has 39 heavy (non-hydrogen) atoms. The van der Waals surface area contributed by atoms with E-state index in [1.807, 2.05) is 37.3 Å². The number of nitrogens with zero attached hydrogens (tertiary/aromatic N) is 3. The third kappa shape index (κ3) is 5.50. The van der Waals surface area contributed by atoms with Crippen molar-refractivity contribution in [3.63, 3.8) is 0 Å². The number of benzene rings is 3. The van der Waals surface area contributed by atoms with Gasteiger partial charge in [-0.2, -0.15) is 0 Å². The number of fused-ring (bicyclic) bond motifs is 3. The summed E-state index contributed by atoms with van der Waals surface area (Å²) in [6.45, 7) is 5.12. The number of thioether (sulfide) groups is 1. The molecule has 5 aromatic rings. The maximum absolute atomic E-state index is 14.1. The van der Waals surface area contributed by atoms with Crippen LogP contribution in [0.15, 0.2) is 88.8 Å². The van der Waals surface area contributed by atoms with E-state index in [1.54, 1.807) is 28.0 Å². The summed E-state index contributed by atoms with van der Waals surface area (Å²) >= 11 is 3.12. The highest BCUT2D eigenvalue weighted by Gasteiger charge is 2.26. The Morgan fingerprint density at radius 1 is 1.00 bits per heavy atom. The molecule has 198 valence electrons. The van der Waals surface area contributed by atoms with Crippen molar-refractivity contribution in [2.24, 2.45) is 0 Å². The summed E-state index contributed by atoms with van der Waals surface area (Å²) in [6, 6.07) is 24.5. The molecule has 0 radical (unpaired) electrons. The van der Waals surface area contributed by atoms with Gasteiger partial charge in [0.2, 0.25) is 0 Å². The lowest BCUT2D eigenvalue weighted by molar-refractivity contribution is 0.249. The van der Waals surface area contributed by atoms with Gasteiger partial charge >= 0.3 is 0 Å². The van der Waals surface area contributed by atoms with Gasteiger partial charge in [0.15, 0.2) is 5.16 Å². The first-order valence-corrected chi connectivity index (χ1v) is 14.8. The molecule has 0 saturated heterocycles. The van der Waals surface area contributed by atoms with Gasteiger partial charge in [-0.1, -0.05) is 54.2 Å². The van der Waals surface area contributed by atoms with Crippen LogP contribution in [0.5, 0.6) is 5.75 Å². The largest absolute Gasteiger partial charge is 0.494 e. The fraction of sp³-hybridized carbons (Fsp3) is 0.226. The standard InChI is InChI=1S/C31H28FN3O2S2/c1-2-37-25-14-12-24(13-15-25)35-30(36)28-26-16-17-34(18-21-6-4-3-5-7-21)19-27(26)39-29(28)33-31(35)38-20-22-8-10-23(32)11-9-22/h3-15H,2,16-20H2,1H3. The fourth-order valence-corrected chi connectivity index (χ4v) is 7.24. The minimum atomic E-state index is -0.264. The number of ether oxygens (including phenoxy) is 1. The van der Waals surface area contributed by atoms with Crippen molar-refractivity contribution in [1.82, 2.24) is 14.5 Å². The van der Waals surface area contributed by atoms with Crippen LogP contribution in [0.2, 0.25) is 0 Å². The van der Waals surface area contributed by atoms with Crippen molar-refractivity contribution in [3.05, 3.63) is 117 Å². The minimum Gasteiger partial charge on any atom is -0.494 e. The summed E-state index contributed by atoms with van der Waals surface area (Å²) in [5.41, 5.74) is 4.10. The van der Waals surface area contributed by atoms with E-state index in [4.69, 9.17) is 9.72 Å². The Balaban J connectivity index is 1.38. The van der Waals surface area contributed by atoms with E-state index in [1.165, 1.54) is 34.3 Å². The quantitative estimate of drug-likeness (QED) is 0.155. The average Bonchev–Trinajstić information content (AvgIpc) is 3.32. The fourth-order valence-electron chi connectivity index (χ4n) is 4.96. The number of rotatable bonds is 8. The lowest BCUT2D eigenvalue weighted by Crippen LogP contribution is -2.30. The maximum atomic E-state index is 14.1. The molecule has 6 rings (SSSR count). The molecule has 8 heteroatoms. The zero-order valence-corrected chi connectivity index (χ0v) is 23.2. The van der Waals surface area contributed by atoms with Crippen LogP contribution in [0, 0.1) is 5.82 Å². The van der Waals surface area contributed by atoms with Gasteiger partial charge in [0.25, 0.3) is 5.56 Å². The van der Waals surface area contributed by atoms with E-state index < -0.39 is 0 Å². The molecule has 3 aromatic carbocycles. The Morgan fingerprint density at radius 2 is 1.77 bits per heavy atom. The number of halogens is 1. The predicted molar refractivity (Wildman–Crippen MR) is 157 cm³/mol. The van der Waals surface area contributed by atoms with Gasteiger partial charge in [-0.15, -0.1) is 11.3 Å². The maximum Gasteiger partial charge on any atom is 0.267 e. The average molecular weight is 558 g/mol. The van der Waals surface area contributed by atoms with Gasteiger partial charge in [0.05, 0.1) is 17.7 Å². The normalized spacial score (nSPS) is 13.5. The van der Waals surface area contributed by atoms with Crippen LogP contribution >= 0.6 is 23.1 Å². The molecular formula is C31H28FN3O2S2. The highest BCUT2D eigenvalue weighted by Crippen LogP contribution is 2.35. The predicted octanol–water partition coefficient (Wildman–Crippen LogP) is 6.84. The molecule has 3 heterocycles. The first kappa shape index (κ1) is 25.8. The van der Waals surface area contributed by atoms with E-state index in [-0.39, 0.29) is 11.4 Å².